The topological polar surface area (TPSA) is 26.0 Å². The molecule has 18 heavy (non-hydrogen) atoms. The summed E-state index contributed by atoms with van der Waals surface area (Å²) in [6.45, 7) is 1.78. The van der Waals surface area contributed by atoms with Gasteiger partial charge in [-0.1, -0.05) is 22.0 Å². The van der Waals surface area contributed by atoms with Crippen LogP contribution in [0.15, 0.2) is 40.9 Å². The Morgan fingerprint density at radius 1 is 1.06 bits per heavy atom. The summed E-state index contributed by atoms with van der Waals surface area (Å²) in [5.41, 5.74) is 8.28. The van der Waals surface area contributed by atoms with E-state index in [1.54, 1.807) is 19.1 Å². The van der Waals surface area contributed by atoms with Crippen LogP contribution in [0.4, 0.5) is 8.78 Å². The Bertz CT molecular complexity index is 564. The molecular weight excluding hydrogens is 300 g/mol. The predicted molar refractivity (Wildman–Crippen MR) is 71.3 cm³/mol. The molecular formula is C14H12BrF2N. The van der Waals surface area contributed by atoms with E-state index in [9.17, 15) is 8.78 Å². The molecule has 0 bridgehead atoms. The molecule has 2 N–H and O–H groups in total. The van der Waals surface area contributed by atoms with E-state index in [4.69, 9.17) is 5.73 Å². The molecule has 94 valence electrons. The number of aryl methyl sites for hydroxylation is 1. The Morgan fingerprint density at radius 2 is 1.78 bits per heavy atom. The summed E-state index contributed by atoms with van der Waals surface area (Å²) in [5, 5.41) is 0. The first-order chi connectivity index (χ1) is 8.47. The fourth-order valence-electron chi connectivity index (χ4n) is 1.92. The van der Waals surface area contributed by atoms with Gasteiger partial charge >= 0.3 is 0 Å². The normalized spacial score (nSPS) is 12.5. The number of rotatable bonds is 2. The van der Waals surface area contributed by atoms with Crippen LogP contribution in [-0.4, -0.2) is 0 Å². The van der Waals surface area contributed by atoms with E-state index in [2.05, 4.69) is 15.9 Å². The lowest BCUT2D eigenvalue weighted by molar-refractivity contribution is 0.620. The van der Waals surface area contributed by atoms with Gasteiger partial charge in [-0.05, 0) is 53.9 Å². The standard InChI is InChI=1S/C14H12BrF2N/c1-8-4-11(16)2-3-13(8)14(18)9-5-10(15)7-12(17)6-9/h2-7,14H,18H2,1H3. The van der Waals surface area contributed by atoms with Crippen LogP contribution in [0.1, 0.15) is 22.7 Å². The number of halogens is 3. The van der Waals surface area contributed by atoms with E-state index in [0.29, 0.717) is 10.0 Å². The molecule has 0 saturated carbocycles. The van der Waals surface area contributed by atoms with Crippen LogP contribution in [0.2, 0.25) is 0 Å². The van der Waals surface area contributed by atoms with Crippen molar-refractivity contribution in [3.05, 3.63) is 69.2 Å². The molecule has 0 fully saturated rings. The van der Waals surface area contributed by atoms with Crippen LogP contribution >= 0.6 is 15.9 Å². The maximum atomic E-state index is 13.3. The second-order valence-electron chi connectivity index (χ2n) is 4.18. The summed E-state index contributed by atoms with van der Waals surface area (Å²) in [6, 6.07) is 8.45. The summed E-state index contributed by atoms with van der Waals surface area (Å²) in [7, 11) is 0. The number of benzene rings is 2. The average Bonchev–Trinajstić information content (AvgIpc) is 2.26. The minimum absolute atomic E-state index is 0.302. The largest absolute Gasteiger partial charge is 0.320 e. The van der Waals surface area contributed by atoms with E-state index in [-0.39, 0.29) is 11.6 Å². The van der Waals surface area contributed by atoms with Crippen molar-refractivity contribution in [3.63, 3.8) is 0 Å². The summed E-state index contributed by atoms with van der Waals surface area (Å²) in [5.74, 6) is -0.654. The smallest absolute Gasteiger partial charge is 0.124 e. The summed E-state index contributed by atoms with van der Waals surface area (Å²) in [6.07, 6.45) is 0. The van der Waals surface area contributed by atoms with Crippen molar-refractivity contribution >= 4 is 15.9 Å². The Kier molecular flexibility index (Phi) is 3.78. The van der Waals surface area contributed by atoms with Gasteiger partial charge in [-0.2, -0.15) is 0 Å². The highest BCUT2D eigenvalue weighted by Crippen LogP contribution is 2.26. The molecule has 0 spiro atoms. The van der Waals surface area contributed by atoms with Crippen molar-refractivity contribution in [2.45, 2.75) is 13.0 Å². The van der Waals surface area contributed by atoms with Gasteiger partial charge in [-0.3, -0.25) is 0 Å². The van der Waals surface area contributed by atoms with Crippen LogP contribution in [0, 0.1) is 18.6 Å². The van der Waals surface area contributed by atoms with Crippen molar-refractivity contribution < 1.29 is 8.78 Å². The van der Waals surface area contributed by atoms with Gasteiger partial charge < -0.3 is 5.73 Å². The maximum absolute atomic E-state index is 13.3. The van der Waals surface area contributed by atoms with E-state index in [1.807, 2.05) is 0 Å². The van der Waals surface area contributed by atoms with Crippen LogP contribution in [0.5, 0.6) is 0 Å². The summed E-state index contributed by atoms with van der Waals surface area (Å²) < 4.78 is 27.0. The Labute approximate surface area is 113 Å². The van der Waals surface area contributed by atoms with Gasteiger partial charge in [0.1, 0.15) is 11.6 Å². The second-order valence-corrected chi connectivity index (χ2v) is 5.10. The number of nitrogens with two attached hydrogens (primary N) is 1. The Morgan fingerprint density at radius 3 is 2.39 bits per heavy atom. The van der Waals surface area contributed by atoms with E-state index in [1.165, 1.54) is 24.3 Å². The number of hydrogen-bond donors (Lipinski definition) is 1. The van der Waals surface area contributed by atoms with Crippen LogP contribution in [0.3, 0.4) is 0 Å². The molecule has 1 nitrogen and oxygen atoms in total. The lowest BCUT2D eigenvalue weighted by Gasteiger charge is -2.15. The molecule has 0 aliphatic carbocycles. The third-order valence-electron chi connectivity index (χ3n) is 2.81. The lowest BCUT2D eigenvalue weighted by Crippen LogP contribution is -2.13. The fourth-order valence-corrected chi connectivity index (χ4v) is 2.41. The van der Waals surface area contributed by atoms with E-state index < -0.39 is 6.04 Å². The van der Waals surface area contributed by atoms with Gasteiger partial charge in [-0.25, -0.2) is 8.78 Å². The minimum atomic E-state index is -0.474. The molecule has 0 aliphatic rings. The van der Waals surface area contributed by atoms with Crippen LogP contribution in [0.25, 0.3) is 0 Å². The van der Waals surface area contributed by atoms with Gasteiger partial charge in [0.25, 0.3) is 0 Å². The Hall–Kier alpha value is -1.26. The van der Waals surface area contributed by atoms with Gasteiger partial charge in [-0.15, -0.1) is 0 Å². The molecule has 1 atom stereocenters. The predicted octanol–water partition coefficient (Wildman–Crippen LogP) is 4.08. The molecule has 2 aromatic rings. The maximum Gasteiger partial charge on any atom is 0.124 e. The summed E-state index contributed by atoms with van der Waals surface area (Å²) in [4.78, 5) is 0. The molecule has 0 radical (unpaired) electrons. The van der Waals surface area contributed by atoms with Crippen LogP contribution < -0.4 is 5.73 Å². The highest BCUT2D eigenvalue weighted by atomic mass is 79.9. The highest BCUT2D eigenvalue weighted by Gasteiger charge is 2.13. The molecule has 0 aliphatic heterocycles. The zero-order valence-electron chi connectivity index (χ0n) is 9.75. The fraction of sp³-hybridized carbons (Fsp3) is 0.143. The average molecular weight is 312 g/mol. The molecule has 2 rings (SSSR count). The molecule has 0 aromatic heterocycles. The third kappa shape index (κ3) is 2.76. The molecule has 2 aromatic carbocycles. The first-order valence-electron chi connectivity index (χ1n) is 5.45. The third-order valence-corrected chi connectivity index (χ3v) is 3.27. The summed E-state index contributed by atoms with van der Waals surface area (Å²) >= 11 is 3.23. The van der Waals surface area contributed by atoms with Gasteiger partial charge in [0, 0.05) is 4.47 Å². The molecule has 0 amide bonds. The monoisotopic (exact) mass is 311 g/mol. The van der Waals surface area contributed by atoms with Crippen molar-refractivity contribution in [2.24, 2.45) is 5.73 Å². The minimum Gasteiger partial charge on any atom is -0.320 e. The van der Waals surface area contributed by atoms with Crippen molar-refractivity contribution in [1.82, 2.24) is 0 Å². The SMILES string of the molecule is Cc1cc(F)ccc1C(N)c1cc(F)cc(Br)c1. The van der Waals surface area contributed by atoms with Crippen LogP contribution in [-0.2, 0) is 0 Å². The van der Waals surface area contributed by atoms with Gasteiger partial charge in [0.15, 0.2) is 0 Å². The number of hydrogen-bond acceptors (Lipinski definition) is 1. The first-order valence-corrected chi connectivity index (χ1v) is 6.24. The van der Waals surface area contributed by atoms with Gasteiger partial charge in [0.2, 0.25) is 0 Å². The zero-order chi connectivity index (χ0) is 13.3. The molecule has 0 heterocycles. The Balaban J connectivity index is 2.44. The quantitative estimate of drug-likeness (QED) is 0.888. The van der Waals surface area contributed by atoms with E-state index in [0.717, 1.165) is 11.1 Å². The van der Waals surface area contributed by atoms with Crippen molar-refractivity contribution in [3.8, 4) is 0 Å². The van der Waals surface area contributed by atoms with Crippen molar-refractivity contribution in [1.29, 1.82) is 0 Å². The zero-order valence-corrected chi connectivity index (χ0v) is 11.3. The highest BCUT2D eigenvalue weighted by molar-refractivity contribution is 9.10. The van der Waals surface area contributed by atoms with E-state index >= 15 is 0 Å². The first kappa shape index (κ1) is 13.2. The lowest BCUT2D eigenvalue weighted by atomic mass is 9.96. The van der Waals surface area contributed by atoms with Gasteiger partial charge in [0.05, 0.1) is 6.04 Å². The molecule has 0 saturated heterocycles. The second kappa shape index (κ2) is 5.16. The van der Waals surface area contributed by atoms with Crippen molar-refractivity contribution in [2.75, 3.05) is 0 Å². The molecule has 1 unspecified atom stereocenters. The molecule has 4 heteroatoms.